The summed E-state index contributed by atoms with van der Waals surface area (Å²) in [7, 11) is 0. The van der Waals surface area contributed by atoms with E-state index in [0.29, 0.717) is 43.1 Å². The van der Waals surface area contributed by atoms with Crippen molar-refractivity contribution in [3.8, 4) is 11.5 Å². The molecule has 3 aromatic rings. The van der Waals surface area contributed by atoms with Gasteiger partial charge in [-0.05, 0) is 48.5 Å². The molecule has 0 saturated carbocycles. The summed E-state index contributed by atoms with van der Waals surface area (Å²) in [5.74, 6) is 1.37. The molecule has 0 unspecified atom stereocenters. The molecule has 0 radical (unpaired) electrons. The summed E-state index contributed by atoms with van der Waals surface area (Å²) in [5, 5.41) is 0. The summed E-state index contributed by atoms with van der Waals surface area (Å²) >= 11 is 0. The third kappa shape index (κ3) is 4.43. The second-order valence-electron chi connectivity index (χ2n) is 6.76. The van der Waals surface area contributed by atoms with Crippen LogP contribution in [0.4, 0.5) is 0 Å². The first-order chi connectivity index (χ1) is 14.2. The Labute approximate surface area is 169 Å². The molecule has 0 bridgehead atoms. The van der Waals surface area contributed by atoms with E-state index >= 15 is 0 Å². The number of ether oxygens (including phenoxy) is 1. The van der Waals surface area contributed by atoms with Crippen molar-refractivity contribution in [3.05, 3.63) is 90.3 Å². The van der Waals surface area contributed by atoms with Gasteiger partial charge in [0.25, 0.3) is 11.8 Å². The van der Waals surface area contributed by atoms with Crippen LogP contribution in [0, 0.1) is 0 Å². The first-order valence-corrected chi connectivity index (χ1v) is 9.52. The maximum absolute atomic E-state index is 12.8. The highest BCUT2D eigenvalue weighted by molar-refractivity contribution is 5.96. The van der Waals surface area contributed by atoms with Gasteiger partial charge in [0.05, 0.1) is 0 Å². The van der Waals surface area contributed by atoms with Crippen molar-refractivity contribution in [3.63, 3.8) is 0 Å². The maximum atomic E-state index is 12.8. The summed E-state index contributed by atoms with van der Waals surface area (Å²) in [6.45, 7) is 2.06. The minimum absolute atomic E-state index is 0.0260. The molecule has 1 aromatic heterocycles. The molecule has 146 valence electrons. The van der Waals surface area contributed by atoms with E-state index in [2.05, 4.69) is 4.98 Å². The number of rotatable bonds is 4. The molecule has 2 heterocycles. The number of nitrogens with zero attached hydrogens (tertiary/aromatic N) is 3. The molecule has 6 heteroatoms. The quantitative estimate of drug-likeness (QED) is 0.688. The number of hydrogen-bond acceptors (Lipinski definition) is 4. The van der Waals surface area contributed by atoms with Crippen LogP contribution in [0.1, 0.15) is 20.7 Å². The van der Waals surface area contributed by atoms with Crippen LogP contribution in [0.3, 0.4) is 0 Å². The van der Waals surface area contributed by atoms with Gasteiger partial charge in [-0.25, -0.2) is 0 Å². The standard InChI is InChI=1S/C23H21N3O3/c27-22(18-6-8-21(9-7-18)29-20-4-2-1-3-5-20)25-14-16-26(17-15-25)23(28)19-10-12-24-13-11-19/h1-13H,14-17H2. The number of carbonyl (C=O) groups is 2. The molecular weight excluding hydrogens is 366 g/mol. The Morgan fingerprint density at radius 1 is 0.655 bits per heavy atom. The molecule has 1 aliphatic heterocycles. The number of benzene rings is 2. The van der Waals surface area contributed by atoms with Crippen LogP contribution in [0.2, 0.25) is 0 Å². The van der Waals surface area contributed by atoms with Crippen LogP contribution in [0.15, 0.2) is 79.1 Å². The lowest BCUT2D eigenvalue weighted by molar-refractivity contribution is 0.0535. The smallest absolute Gasteiger partial charge is 0.254 e. The molecule has 2 aromatic carbocycles. The first kappa shape index (κ1) is 18.7. The van der Waals surface area contributed by atoms with Crippen molar-refractivity contribution in [2.24, 2.45) is 0 Å². The average molecular weight is 387 g/mol. The Hall–Kier alpha value is -3.67. The van der Waals surface area contributed by atoms with E-state index in [1.165, 1.54) is 0 Å². The second kappa shape index (κ2) is 8.56. The van der Waals surface area contributed by atoms with Crippen molar-refractivity contribution in [1.82, 2.24) is 14.8 Å². The number of para-hydroxylation sites is 1. The summed E-state index contributed by atoms with van der Waals surface area (Å²) in [5.41, 5.74) is 1.23. The number of carbonyl (C=O) groups excluding carboxylic acids is 2. The molecule has 0 spiro atoms. The maximum Gasteiger partial charge on any atom is 0.254 e. The average Bonchev–Trinajstić information content (AvgIpc) is 2.80. The van der Waals surface area contributed by atoms with Crippen LogP contribution in [0.5, 0.6) is 11.5 Å². The molecule has 0 aliphatic carbocycles. The number of pyridine rings is 1. The van der Waals surface area contributed by atoms with Gasteiger partial charge in [0, 0.05) is 49.7 Å². The van der Waals surface area contributed by atoms with Crippen molar-refractivity contribution in [2.45, 2.75) is 0 Å². The Balaban J connectivity index is 1.34. The number of hydrogen-bond donors (Lipinski definition) is 0. The predicted molar refractivity (Wildman–Crippen MR) is 109 cm³/mol. The number of piperazine rings is 1. The molecule has 1 saturated heterocycles. The minimum Gasteiger partial charge on any atom is -0.457 e. The van der Waals surface area contributed by atoms with Gasteiger partial charge in [-0.1, -0.05) is 18.2 Å². The highest BCUT2D eigenvalue weighted by Crippen LogP contribution is 2.22. The SMILES string of the molecule is O=C(c1ccncc1)N1CCN(C(=O)c2ccc(Oc3ccccc3)cc2)CC1. The molecule has 4 rings (SSSR count). The van der Waals surface area contributed by atoms with Gasteiger partial charge in [0.2, 0.25) is 0 Å². The molecule has 0 atom stereocenters. The highest BCUT2D eigenvalue weighted by Gasteiger charge is 2.25. The van der Waals surface area contributed by atoms with Crippen molar-refractivity contribution in [2.75, 3.05) is 26.2 Å². The Bertz CT molecular complexity index is 967. The first-order valence-electron chi connectivity index (χ1n) is 9.52. The van der Waals surface area contributed by atoms with E-state index < -0.39 is 0 Å². The van der Waals surface area contributed by atoms with Gasteiger partial charge >= 0.3 is 0 Å². The van der Waals surface area contributed by atoms with E-state index in [-0.39, 0.29) is 11.8 Å². The Morgan fingerprint density at radius 3 is 1.69 bits per heavy atom. The van der Waals surface area contributed by atoms with Gasteiger partial charge in [-0.15, -0.1) is 0 Å². The Morgan fingerprint density at radius 2 is 1.14 bits per heavy atom. The van der Waals surface area contributed by atoms with Gasteiger partial charge in [-0.2, -0.15) is 0 Å². The number of amides is 2. The summed E-state index contributed by atoms with van der Waals surface area (Å²) < 4.78 is 5.77. The van der Waals surface area contributed by atoms with Crippen LogP contribution in [-0.4, -0.2) is 52.8 Å². The molecule has 0 N–H and O–H groups in total. The van der Waals surface area contributed by atoms with Gasteiger partial charge in [0.15, 0.2) is 0 Å². The summed E-state index contributed by atoms with van der Waals surface area (Å²) in [4.78, 5) is 32.8. The lowest BCUT2D eigenvalue weighted by Crippen LogP contribution is -2.50. The molecule has 6 nitrogen and oxygen atoms in total. The zero-order valence-corrected chi connectivity index (χ0v) is 15.9. The van der Waals surface area contributed by atoms with E-state index in [1.807, 2.05) is 30.3 Å². The van der Waals surface area contributed by atoms with Crippen molar-refractivity contribution >= 4 is 11.8 Å². The highest BCUT2D eigenvalue weighted by atomic mass is 16.5. The molecule has 1 aliphatic rings. The van der Waals surface area contributed by atoms with Crippen molar-refractivity contribution in [1.29, 1.82) is 0 Å². The monoisotopic (exact) mass is 387 g/mol. The fraction of sp³-hybridized carbons (Fsp3) is 0.174. The third-order valence-electron chi connectivity index (χ3n) is 4.86. The third-order valence-corrected chi connectivity index (χ3v) is 4.86. The topological polar surface area (TPSA) is 62.7 Å². The largest absolute Gasteiger partial charge is 0.457 e. The predicted octanol–water partition coefficient (Wildman–Crippen LogP) is 3.47. The molecule has 2 amide bonds. The molecule has 1 fully saturated rings. The number of aromatic nitrogens is 1. The molecule has 29 heavy (non-hydrogen) atoms. The zero-order chi connectivity index (χ0) is 20.1. The zero-order valence-electron chi connectivity index (χ0n) is 15.9. The normalized spacial score (nSPS) is 13.8. The Kier molecular flexibility index (Phi) is 5.52. The fourth-order valence-corrected chi connectivity index (χ4v) is 3.26. The van der Waals surface area contributed by atoms with Crippen LogP contribution in [-0.2, 0) is 0 Å². The lowest BCUT2D eigenvalue weighted by atomic mass is 10.1. The van der Waals surface area contributed by atoms with Gasteiger partial charge < -0.3 is 14.5 Å². The van der Waals surface area contributed by atoms with Gasteiger partial charge in [-0.3, -0.25) is 14.6 Å². The fourth-order valence-electron chi connectivity index (χ4n) is 3.26. The second-order valence-corrected chi connectivity index (χ2v) is 6.76. The van der Waals surface area contributed by atoms with E-state index in [0.717, 1.165) is 5.75 Å². The van der Waals surface area contributed by atoms with Crippen LogP contribution < -0.4 is 4.74 Å². The van der Waals surface area contributed by atoms with E-state index in [1.54, 1.807) is 58.6 Å². The summed E-state index contributed by atoms with van der Waals surface area (Å²) in [6, 6.07) is 20.1. The van der Waals surface area contributed by atoms with Crippen LogP contribution >= 0.6 is 0 Å². The van der Waals surface area contributed by atoms with Gasteiger partial charge in [0.1, 0.15) is 11.5 Å². The molecular formula is C23H21N3O3. The van der Waals surface area contributed by atoms with E-state index in [4.69, 9.17) is 4.74 Å². The van der Waals surface area contributed by atoms with E-state index in [9.17, 15) is 9.59 Å². The minimum atomic E-state index is -0.0349. The lowest BCUT2D eigenvalue weighted by Gasteiger charge is -2.34. The van der Waals surface area contributed by atoms with Crippen LogP contribution in [0.25, 0.3) is 0 Å². The summed E-state index contributed by atoms with van der Waals surface area (Å²) in [6.07, 6.45) is 3.22. The van der Waals surface area contributed by atoms with Crippen molar-refractivity contribution < 1.29 is 14.3 Å².